The molecule has 1 atom stereocenters. The van der Waals surface area contributed by atoms with Crippen molar-refractivity contribution in [2.24, 2.45) is 0 Å². The van der Waals surface area contributed by atoms with Crippen LogP contribution in [0, 0.1) is 0 Å². The van der Waals surface area contributed by atoms with Crippen molar-refractivity contribution < 1.29 is 23.9 Å². The second-order valence-electron chi connectivity index (χ2n) is 7.10. The fourth-order valence-corrected chi connectivity index (χ4v) is 3.19. The third-order valence-electron chi connectivity index (χ3n) is 4.86. The van der Waals surface area contributed by atoms with Gasteiger partial charge in [-0.15, -0.1) is 0 Å². The summed E-state index contributed by atoms with van der Waals surface area (Å²) in [5, 5.41) is 0. The first kappa shape index (κ1) is 21.4. The van der Waals surface area contributed by atoms with Crippen molar-refractivity contribution in [3.05, 3.63) is 71.8 Å². The van der Waals surface area contributed by atoms with Crippen molar-refractivity contribution in [3.63, 3.8) is 0 Å². The van der Waals surface area contributed by atoms with Crippen molar-refractivity contribution >= 4 is 18.1 Å². The van der Waals surface area contributed by atoms with Crippen LogP contribution >= 0.6 is 0 Å². The minimum absolute atomic E-state index is 0.0181. The third kappa shape index (κ3) is 5.37. The van der Waals surface area contributed by atoms with Gasteiger partial charge in [-0.1, -0.05) is 74.0 Å². The summed E-state index contributed by atoms with van der Waals surface area (Å²) in [4.78, 5) is 40.6. The summed E-state index contributed by atoms with van der Waals surface area (Å²) in [6.07, 6.45) is 0.833. The predicted octanol–water partition coefficient (Wildman–Crippen LogP) is 3.97. The van der Waals surface area contributed by atoms with Gasteiger partial charge in [-0.25, -0.2) is 19.3 Å². The van der Waals surface area contributed by atoms with Gasteiger partial charge in [-0.2, -0.15) is 0 Å². The molecule has 1 saturated heterocycles. The number of nitrogens with zero attached hydrogens (tertiary/aromatic N) is 2. The molecule has 1 fully saturated rings. The van der Waals surface area contributed by atoms with Crippen LogP contribution in [0.1, 0.15) is 30.9 Å². The van der Waals surface area contributed by atoms with Gasteiger partial charge in [0.15, 0.2) is 6.04 Å². The molecule has 0 aliphatic carbocycles. The molecule has 0 aromatic heterocycles. The largest absolute Gasteiger partial charge is 0.459 e. The number of rotatable bonds is 8. The van der Waals surface area contributed by atoms with E-state index in [1.165, 1.54) is 4.90 Å². The Morgan fingerprint density at radius 2 is 1.50 bits per heavy atom. The lowest BCUT2D eigenvalue weighted by Gasteiger charge is -2.20. The van der Waals surface area contributed by atoms with Crippen molar-refractivity contribution in [1.82, 2.24) is 9.80 Å². The van der Waals surface area contributed by atoms with Crippen LogP contribution in [0.15, 0.2) is 60.7 Å². The summed E-state index contributed by atoms with van der Waals surface area (Å²) in [7, 11) is 0. The van der Waals surface area contributed by atoms with Crippen LogP contribution in [-0.4, -0.2) is 47.0 Å². The molecule has 2 aromatic carbocycles. The van der Waals surface area contributed by atoms with Crippen LogP contribution in [-0.2, 0) is 27.5 Å². The second-order valence-corrected chi connectivity index (χ2v) is 7.10. The highest BCUT2D eigenvalue weighted by atomic mass is 16.6. The van der Waals surface area contributed by atoms with Crippen LogP contribution in [0.5, 0.6) is 0 Å². The molecule has 0 saturated carbocycles. The first-order valence-electron chi connectivity index (χ1n) is 10.1. The second kappa shape index (κ2) is 10.4. The third-order valence-corrected chi connectivity index (χ3v) is 4.86. The highest BCUT2D eigenvalue weighted by Crippen LogP contribution is 2.20. The number of esters is 1. The maximum Gasteiger partial charge on any atom is 0.419 e. The number of carbonyl (C=O) groups is 3. The number of urea groups is 1. The predicted molar refractivity (Wildman–Crippen MR) is 110 cm³/mol. The normalized spacial score (nSPS) is 15.9. The summed E-state index contributed by atoms with van der Waals surface area (Å²) in [5.41, 5.74) is 1.62. The Labute approximate surface area is 176 Å². The van der Waals surface area contributed by atoms with Crippen molar-refractivity contribution in [2.45, 2.75) is 39.0 Å². The number of benzene rings is 2. The van der Waals surface area contributed by atoms with Crippen LogP contribution in [0.3, 0.4) is 0 Å². The number of carbonyl (C=O) groups excluding carboxylic acids is 3. The fraction of sp³-hybridized carbons (Fsp3) is 0.348. The van der Waals surface area contributed by atoms with Crippen molar-refractivity contribution in [2.75, 3.05) is 13.1 Å². The van der Waals surface area contributed by atoms with E-state index >= 15 is 0 Å². The van der Waals surface area contributed by atoms with Gasteiger partial charge in [0, 0.05) is 6.54 Å². The molecule has 1 heterocycles. The molecule has 0 spiro atoms. The summed E-state index contributed by atoms with van der Waals surface area (Å²) < 4.78 is 10.7. The van der Waals surface area contributed by atoms with Gasteiger partial charge in [0.1, 0.15) is 13.2 Å². The van der Waals surface area contributed by atoms with Gasteiger partial charge in [-0.3, -0.25) is 0 Å². The number of hydrogen-bond acceptors (Lipinski definition) is 5. The maximum absolute atomic E-state index is 12.8. The molecule has 7 heteroatoms. The lowest BCUT2D eigenvalue weighted by atomic mass is 10.2. The topological polar surface area (TPSA) is 76.2 Å². The van der Waals surface area contributed by atoms with E-state index in [1.54, 1.807) is 0 Å². The molecule has 30 heavy (non-hydrogen) atoms. The smallest absolute Gasteiger partial charge is 0.419 e. The number of imide groups is 1. The zero-order valence-corrected chi connectivity index (χ0v) is 17.0. The molecule has 3 rings (SSSR count). The average molecular weight is 410 g/mol. The molecule has 0 unspecified atom stereocenters. The molecule has 1 aliphatic rings. The molecule has 7 nitrogen and oxygen atoms in total. The van der Waals surface area contributed by atoms with E-state index in [0.29, 0.717) is 6.54 Å². The number of amides is 3. The molecule has 0 N–H and O–H groups in total. The first-order valence-corrected chi connectivity index (χ1v) is 10.1. The molecule has 0 radical (unpaired) electrons. The van der Waals surface area contributed by atoms with Crippen LogP contribution in [0.25, 0.3) is 0 Å². The van der Waals surface area contributed by atoms with E-state index in [1.807, 2.05) is 67.6 Å². The van der Waals surface area contributed by atoms with Crippen molar-refractivity contribution in [1.29, 1.82) is 0 Å². The highest BCUT2D eigenvalue weighted by Gasteiger charge is 2.46. The van der Waals surface area contributed by atoms with Gasteiger partial charge in [0.25, 0.3) is 0 Å². The zero-order valence-electron chi connectivity index (χ0n) is 17.0. The van der Waals surface area contributed by atoms with E-state index < -0.39 is 24.1 Å². The standard InChI is InChI=1S/C23H26N2O5/c1-2-3-14-24-15-20(21(26)29-16-18-10-6-4-7-11-18)25(22(24)27)23(28)30-17-19-12-8-5-9-13-19/h4-13,20H,2-3,14-17H2,1H3/t20-/m0/s1. The quantitative estimate of drug-likeness (QED) is 0.616. The van der Waals surface area contributed by atoms with E-state index in [0.717, 1.165) is 28.9 Å². The summed E-state index contributed by atoms with van der Waals surface area (Å²) in [5.74, 6) is -0.622. The SMILES string of the molecule is CCCCN1C[C@@H](C(=O)OCc2ccccc2)N(C(=O)OCc2ccccc2)C1=O. The van der Waals surface area contributed by atoms with E-state index in [4.69, 9.17) is 9.47 Å². The fourth-order valence-electron chi connectivity index (χ4n) is 3.19. The Balaban J connectivity index is 1.67. The Morgan fingerprint density at radius 1 is 0.933 bits per heavy atom. The number of hydrogen-bond donors (Lipinski definition) is 0. The summed E-state index contributed by atoms with van der Waals surface area (Å²) in [6, 6.07) is 16.9. The van der Waals surface area contributed by atoms with Gasteiger partial charge in [-0.05, 0) is 17.5 Å². The molecular weight excluding hydrogens is 384 g/mol. The van der Waals surface area contributed by atoms with Crippen LogP contribution < -0.4 is 0 Å². The van der Waals surface area contributed by atoms with Crippen LogP contribution in [0.4, 0.5) is 9.59 Å². The van der Waals surface area contributed by atoms with E-state index in [-0.39, 0.29) is 19.8 Å². The van der Waals surface area contributed by atoms with Gasteiger partial charge in [0.2, 0.25) is 0 Å². The van der Waals surface area contributed by atoms with Crippen LogP contribution in [0.2, 0.25) is 0 Å². The molecule has 1 aliphatic heterocycles. The molecular formula is C23H26N2O5. The van der Waals surface area contributed by atoms with Gasteiger partial charge < -0.3 is 14.4 Å². The number of ether oxygens (including phenoxy) is 2. The molecule has 3 amide bonds. The highest BCUT2D eigenvalue weighted by molar-refractivity contribution is 5.98. The minimum atomic E-state index is -1.03. The number of unbranched alkanes of at least 4 members (excludes halogenated alkanes) is 1. The Morgan fingerprint density at radius 3 is 2.07 bits per heavy atom. The Bertz CT molecular complexity index is 856. The maximum atomic E-state index is 12.8. The summed E-state index contributed by atoms with van der Waals surface area (Å²) in [6.45, 7) is 2.68. The monoisotopic (exact) mass is 410 g/mol. The van der Waals surface area contributed by atoms with E-state index in [2.05, 4.69) is 0 Å². The zero-order chi connectivity index (χ0) is 21.3. The minimum Gasteiger partial charge on any atom is -0.459 e. The van der Waals surface area contributed by atoms with Crippen molar-refractivity contribution in [3.8, 4) is 0 Å². The Hall–Kier alpha value is -3.35. The first-order chi connectivity index (χ1) is 14.6. The van der Waals surface area contributed by atoms with Gasteiger partial charge >= 0.3 is 18.1 Å². The lowest BCUT2D eigenvalue weighted by molar-refractivity contribution is -0.149. The Kier molecular flexibility index (Phi) is 7.43. The molecule has 2 aromatic rings. The molecule has 0 bridgehead atoms. The summed E-state index contributed by atoms with van der Waals surface area (Å²) >= 11 is 0. The van der Waals surface area contributed by atoms with Gasteiger partial charge in [0.05, 0.1) is 6.54 Å². The lowest BCUT2D eigenvalue weighted by Crippen LogP contribution is -2.44. The average Bonchev–Trinajstić information content (AvgIpc) is 3.12. The molecule has 158 valence electrons. The van der Waals surface area contributed by atoms with E-state index in [9.17, 15) is 14.4 Å².